The van der Waals surface area contributed by atoms with Crippen molar-refractivity contribution in [1.29, 1.82) is 0 Å². The molecule has 1 unspecified atom stereocenters. The van der Waals surface area contributed by atoms with Crippen molar-refractivity contribution in [1.82, 2.24) is 0 Å². The van der Waals surface area contributed by atoms with E-state index < -0.39 is 0 Å². The van der Waals surface area contributed by atoms with Crippen molar-refractivity contribution in [2.45, 2.75) is 62.9 Å². The van der Waals surface area contributed by atoms with Gasteiger partial charge in [0.05, 0.1) is 23.2 Å². The fraction of sp³-hybridized carbons (Fsp3) is 0.647. The first kappa shape index (κ1) is 14.4. The normalized spacial score (nSPS) is 39.6. The zero-order chi connectivity index (χ0) is 14.4. The molecule has 2 aliphatic heterocycles. The lowest BCUT2D eigenvalue weighted by Crippen LogP contribution is -2.48. The molecule has 0 saturated carbocycles. The van der Waals surface area contributed by atoms with E-state index >= 15 is 0 Å². The molecular weight excluding hydrogens is 272 g/mol. The molecule has 2 fully saturated rings. The summed E-state index contributed by atoms with van der Waals surface area (Å²) >= 11 is 6.73. The number of rotatable bonds is 4. The standard InChI is InChI=1S/C17H23ClO2/c1-12(2)17-10-9-16(3,20-17)15(14(17)18)19-11-13-7-5-4-6-8-13/h4-8,12,14-15H,9-11H2,1-3H3/t14?,15-,16+,17+/m0/s1. The second-order valence-corrected chi connectivity index (χ2v) is 7.11. The van der Waals surface area contributed by atoms with Crippen molar-refractivity contribution in [3.63, 3.8) is 0 Å². The van der Waals surface area contributed by atoms with E-state index in [4.69, 9.17) is 21.1 Å². The van der Waals surface area contributed by atoms with E-state index in [1.165, 1.54) is 5.56 Å². The number of alkyl halides is 1. The third-order valence-corrected chi connectivity index (χ3v) is 5.62. The SMILES string of the molecule is CC(C)[C@@]12CC[C@@](C)(O1)[C@@H](OCc1ccccc1)C2Cl. The number of halogens is 1. The second kappa shape index (κ2) is 5.01. The van der Waals surface area contributed by atoms with E-state index in [0.29, 0.717) is 12.5 Å². The molecule has 0 radical (unpaired) electrons. The van der Waals surface area contributed by atoms with Gasteiger partial charge in [0, 0.05) is 0 Å². The Morgan fingerprint density at radius 1 is 1.30 bits per heavy atom. The summed E-state index contributed by atoms with van der Waals surface area (Å²) in [4.78, 5) is 0. The quantitative estimate of drug-likeness (QED) is 0.777. The van der Waals surface area contributed by atoms with Crippen LogP contribution in [0.5, 0.6) is 0 Å². The van der Waals surface area contributed by atoms with Gasteiger partial charge in [-0.2, -0.15) is 0 Å². The van der Waals surface area contributed by atoms with Crippen LogP contribution in [0.3, 0.4) is 0 Å². The Balaban J connectivity index is 1.74. The fourth-order valence-electron chi connectivity index (χ4n) is 3.69. The number of hydrogen-bond acceptors (Lipinski definition) is 2. The van der Waals surface area contributed by atoms with E-state index in [-0.39, 0.29) is 22.7 Å². The Morgan fingerprint density at radius 2 is 2.00 bits per heavy atom. The maximum atomic E-state index is 6.73. The molecule has 1 aromatic carbocycles. The molecule has 2 bridgehead atoms. The molecule has 2 aliphatic rings. The maximum absolute atomic E-state index is 6.73. The minimum absolute atomic E-state index is 0.0273. The molecule has 0 spiro atoms. The predicted molar refractivity (Wildman–Crippen MR) is 81.0 cm³/mol. The third-order valence-electron chi connectivity index (χ3n) is 5.02. The highest BCUT2D eigenvalue weighted by Crippen LogP contribution is 2.57. The number of fused-ring (bicyclic) bond motifs is 2. The van der Waals surface area contributed by atoms with Crippen LogP contribution in [0.2, 0.25) is 0 Å². The van der Waals surface area contributed by atoms with Crippen molar-refractivity contribution < 1.29 is 9.47 Å². The predicted octanol–water partition coefficient (Wildman–Crippen LogP) is 4.16. The highest BCUT2D eigenvalue weighted by atomic mass is 35.5. The highest BCUT2D eigenvalue weighted by Gasteiger charge is 2.66. The van der Waals surface area contributed by atoms with Crippen molar-refractivity contribution in [2.24, 2.45) is 5.92 Å². The summed E-state index contributed by atoms with van der Waals surface area (Å²) in [6.45, 7) is 7.14. The molecule has 2 nitrogen and oxygen atoms in total. The Bertz CT molecular complexity index is 475. The lowest BCUT2D eigenvalue weighted by molar-refractivity contribution is -0.0959. The first-order valence-corrected chi connectivity index (χ1v) is 7.91. The van der Waals surface area contributed by atoms with Crippen molar-refractivity contribution >= 4 is 11.6 Å². The molecule has 0 amide bonds. The molecule has 20 heavy (non-hydrogen) atoms. The number of benzene rings is 1. The van der Waals surface area contributed by atoms with Crippen molar-refractivity contribution in [3.05, 3.63) is 35.9 Å². The number of hydrogen-bond donors (Lipinski definition) is 0. The Morgan fingerprint density at radius 3 is 2.60 bits per heavy atom. The van der Waals surface area contributed by atoms with Crippen molar-refractivity contribution in [3.8, 4) is 0 Å². The van der Waals surface area contributed by atoms with Crippen LogP contribution < -0.4 is 0 Å². The van der Waals surface area contributed by atoms with Crippen LogP contribution in [0.25, 0.3) is 0 Å². The summed E-state index contributed by atoms with van der Waals surface area (Å²) < 4.78 is 12.5. The Hall–Kier alpha value is -0.570. The summed E-state index contributed by atoms with van der Waals surface area (Å²) in [6, 6.07) is 10.2. The molecule has 0 N–H and O–H groups in total. The first-order valence-electron chi connectivity index (χ1n) is 7.48. The van der Waals surface area contributed by atoms with Gasteiger partial charge in [0.1, 0.15) is 6.10 Å². The lowest BCUT2D eigenvalue weighted by atomic mass is 9.75. The zero-order valence-corrected chi connectivity index (χ0v) is 13.2. The fourth-order valence-corrected chi connectivity index (χ4v) is 4.43. The lowest BCUT2D eigenvalue weighted by Gasteiger charge is -2.36. The van der Waals surface area contributed by atoms with Crippen LogP contribution in [0.15, 0.2) is 30.3 Å². The molecule has 0 aliphatic carbocycles. The van der Waals surface area contributed by atoms with Gasteiger partial charge in [-0.1, -0.05) is 44.2 Å². The van der Waals surface area contributed by atoms with Gasteiger partial charge in [0.15, 0.2) is 0 Å². The monoisotopic (exact) mass is 294 g/mol. The first-order chi connectivity index (χ1) is 9.48. The van der Waals surface area contributed by atoms with E-state index in [9.17, 15) is 0 Å². The summed E-state index contributed by atoms with van der Waals surface area (Å²) in [5.41, 5.74) is 0.740. The summed E-state index contributed by atoms with van der Waals surface area (Å²) in [5.74, 6) is 0.414. The Labute approximate surface area is 126 Å². The van der Waals surface area contributed by atoms with Gasteiger partial charge in [-0.25, -0.2) is 0 Å². The molecule has 0 aromatic heterocycles. The van der Waals surface area contributed by atoms with Gasteiger partial charge in [0.2, 0.25) is 0 Å². The van der Waals surface area contributed by atoms with Crippen LogP contribution in [-0.2, 0) is 16.1 Å². The van der Waals surface area contributed by atoms with Crippen LogP contribution in [0.1, 0.15) is 39.2 Å². The van der Waals surface area contributed by atoms with Gasteiger partial charge in [-0.05, 0) is 31.2 Å². The highest BCUT2D eigenvalue weighted by molar-refractivity contribution is 6.22. The topological polar surface area (TPSA) is 18.5 Å². The minimum Gasteiger partial charge on any atom is -0.369 e. The molecule has 3 heteroatoms. The van der Waals surface area contributed by atoms with E-state index in [1.54, 1.807) is 0 Å². The summed E-state index contributed by atoms with van der Waals surface area (Å²) in [6.07, 6.45) is 2.05. The van der Waals surface area contributed by atoms with E-state index in [1.807, 2.05) is 18.2 Å². The number of ether oxygens (including phenoxy) is 2. The van der Waals surface area contributed by atoms with Crippen LogP contribution in [0, 0.1) is 5.92 Å². The van der Waals surface area contributed by atoms with E-state index in [0.717, 1.165) is 12.8 Å². The summed E-state index contributed by atoms with van der Waals surface area (Å²) in [7, 11) is 0. The summed E-state index contributed by atoms with van der Waals surface area (Å²) in [5, 5.41) is -0.0648. The zero-order valence-electron chi connectivity index (χ0n) is 12.4. The molecule has 2 heterocycles. The van der Waals surface area contributed by atoms with E-state index in [2.05, 4.69) is 32.9 Å². The largest absolute Gasteiger partial charge is 0.369 e. The van der Waals surface area contributed by atoms with Gasteiger partial charge in [-0.3, -0.25) is 0 Å². The maximum Gasteiger partial charge on any atom is 0.106 e. The average Bonchev–Trinajstić information content (AvgIpc) is 2.89. The molecule has 110 valence electrons. The Kier molecular flexibility index (Phi) is 3.60. The van der Waals surface area contributed by atoms with Crippen LogP contribution in [0.4, 0.5) is 0 Å². The average molecular weight is 295 g/mol. The van der Waals surface area contributed by atoms with Gasteiger partial charge < -0.3 is 9.47 Å². The van der Waals surface area contributed by atoms with Gasteiger partial charge in [-0.15, -0.1) is 11.6 Å². The molecule has 1 aromatic rings. The molecule has 3 rings (SSSR count). The third kappa shape index (κ3) is 2.09. The van der Waals surface area contributed by atoms with Crippen LogP contribution >= 0.6 is 11.6 Å². The smallest absolute Gasteiger partial charge is 0.106 e. The van der Waals surface area contributed by atoms with Crippen LogP contribution in [-0.4, -0.2) is 22.7 Å². The molecular formula is C17H23ClO2. The van der Waals surface area contributed by atoms with Gasteiger partial charge in [0.25, 0.3) is 0 Å². The molecule has 4 atom stereocenters. The van der Waals surface area contributed by atoms with Gasteiger partial charge >= 0.3 is 0 Å². The van der Waals surface area contributed by atoms with Crippen molar-refractivity contribution in [2.75, 3.05) is 0 Å². The second-order valence-electron chi connectivity index (χ2n) is 6.64. The molecule has 2 saturated heterocycles. The minimum atomic E-state index is -0.231.